The molecule has 0 aliphatic heterocycles. The first-order valence-corrected chi connectivity index (χ1v) is 6.98. The van der Waals surface area contributed by atoms with Gasteiger partial charge in [0.15, 0.2) is 0 Å². The molecule has 1 atom stereocenters. The maximum absolute atomic E-state index is 5.81. The van der Waals surface area contributed by atoms with Crippen LogP contribution in [0.4, 0.5) is 0 Å². The zero-order valence-corrected chi connectivity index (χ0v) is 12.6. The van der Waals surface area contributed by atoms with Gasteiger partial charge in [-0.25, -0.2) is 0 Å². The number of nitrogens with zero attached hydrogens (tertiary/aromatic N) is 1. The highest BCUT2D eigenvalue weighted by Gasteiger charge is 2.05. The molecule has 0 aliphatic carbocycles. The SMILES string of the molecule is Cc1ccc(Oc2ccc(CC(C)N)c(Br)c2)cn1. The van der Waals surface area contributed by atoms with Gasteiger partial charge >= 0.3 is 0 Å². The van der Waals surface area contributed by atoms with Crippen LogP contribution < -0.4 is 10.5 Å². The monoisotopic (exact) mass is 320 g/mol. The number of pyridine rings is 1. The van der Waals surface area contributed by atoms with E-state index >= 15 is 0 Å². The molecule has 1 unspecified atom stereocenters. The van der Waals surface area contributed by atoms with Crippen LogP contribution in [-0.4, -0.2) is 11.0 Å². The molecule has 0 fully saturated rings. The van der Waals surface area contributed by atoms with Crippen molar-refractivity contribution in [2.45, 2.75) is 26.3 Å². The molecule has 2 N–H and O–H groups in total. The van der Waals surface area contributed by atoms with Crippen LogP contribution in [0.15, 0.2) is 41.0 Å². The van der Waals surface area contributed by atoms with Crippen molar-refractivity contribution in [1.82, 2.24) is 4.98 Å². The minimum Gasteiger partial charge on any atom is -0.456 e. The van der Waals surface area contributed by atoms with Crippen LogP contribution in [0.25, 0.3) is 0 Å². The van der Waals surface area contributed by atoms with Crippen LogP contribution in [0.3, 0.4) is 0 Å². The van der Waals surface area contributed by atoms with E-state index in [1.807, 2.05) is 44.2 Å². The number of halogens is 1. The molecule has 0 aliphatic rings. The van der Waals surface area contributed by atoms with Crippen molar-refractivity contribution >= 4 is 15.9 Å². The fourth-order valence-electron chi connectivity index (χ4n) is 1.75. The summed E-state index contributed by atoms with van der Waals surface area (Å²) in [5.41, 5.74) is 7.97. The number of aryl methyl sites for hydroxylation is 1. The minimum absolute atomic E-state index is 0.143. The molecule has 0 saturated carbocycles. The van der Waals surface area contributed by atoms with E-state index in [9.17, 15) is 0 Å². The Labute approximate surface area is 121 Å². The van der Waals surface area contributed by atoms with Crippen molar-refractivity contribution < 1.29 is 4.74 Å². The number of hydrogen-bond donors (Lipinski definition) is 1. The largest absolute Gasteiger partial charge is 0.456 e. The summed E-state index contributed by atoms with van der Waals surface area (Å²) in [6.45, 7) is 3.94. The second-order valence-electron chi connectivity index (χ2n) is 4.67. The molecule has 0 bridgehead atoms. The molecule has 19 heavy (non-hydrogen) atoms. The Hall–Kier alpha value is -1.39. The third kappa shape index (κ3) is 4.04. The second-order valence-corrected chi connectivity index (χ2v) is 5.53. The normalized spacial score (nSPS) is 12.2. The van der Waals surface area contributed by atoms with Crippen LogP contribution in [0.1, 0.15) is 18.2 Å². The highest BCUT2D eigenvalue weighted by molar-refractivity contribution is 9.10. The summed E-state index contributed by atoms with van der Waals surface area (Å²) in [6.07, 6.45) is 2.56. The van der Waals surface area contributed by atoms with E-state index in [2.05, 4.69) is 20.9 Å². The molecule has 3 nitrogen and oxygen atoms in total. The third-order valence-corrected chi connectivity index (χ3v) is 3.42. The summed E-state index contributed by atoms with van der Waals surface area (Å²) < 4.78 is 6.77. The molecule has 100 valence electrons. The number of aromatic nitrogens is 1. The van der Waals surface area contributed by atoms with Crippen LogP contribution in [-0.2, 0) is 6.42 Å². The molecule has 0 saturated heterocycles. The molecular formula is C15H17BrN2O. The van der Waals surface area contributed by atoms with Gasteiger partial charge < -0.3 is 10.5 Å². The van der Waals surface area contributed by atoms with Crippen molar-refractivity contribution in [3.8, 4) is 11.5 Å². The van der Waals surface area contributed by atoms with Gasteiger partial charge in [-0.3, -0.25) is 4.98 Å². The lowest BCUT2D eigenvalue weighted by atomic mass is 10.1. The van der Waals surface area contributed by atoms with E-state index in [0.29, 0.717) is 0 Å². The standard InChI is InChI=1S/C15H17BrN2O/c1-10(17)7-12-4-6-13(8-15(12)16)19-14-5-3-11(2)18-9-14/h3-6,8-10H,7,17H2,1-2H3. The lowest BCUT2D eigenvalue weighted by molar-refractivity contribution is 0.479. The Morgan fingerprint density at radius 3 is 2.58 bits per heavy atom. The van der Waals surface area contributed by atoms with Crippen LogP contribution in [0.2, 0.25) is 0 Å². The fraction of sp³-hybridized carbons (Fsp3) is 0.267. The summed E-state index contributed by atoms with van der Waals surface area (Å²) in [5, 5.41) is 0. The highest BCUT2D eigenvalue weighted by Crippen LogP contribution is 2.27. The fourth-order valence-corrected chi connectivity index (χ4v) is 2.27. The summed E-state index contributed by atoms with van der Waals surface area (Å²) in [6, 6.07) is 9.91. The molecular weight excluding hydrogens is 304 g/mol. The first kappa shape index (κ1) is 14.0. The number of benzene rings is 1. The lowest BCUT2D eigenvalue weighted by Crippen LogP contribution is -2.17. The number of rotatable bonds is 4. The van der Waals surface area contributed by atoms with Gasteiger partial charge in [-0.05, 0) is 50.1 Å². The van der Waals surface area contributed by atoms with E-state index in [1.54, 1.807) is 6.20 Å². The molecule has 1 aromatic carbocycles. The van der Waals surface area contributed by atoms with Crippen LogP contribution >= 0.6 is 15.9 Å². The summed E-state index contributed by atoms with van der Waals surface area (Å²) in [5.74, 6) is 1.52. The predicted molar refractivity (Wildman–Crippen MR) is 80.5 cm³/mol. The van der Waals surface area contributed by atoms with E-state index in [1.165, 1.54) is 5.56 Å². The number of nitrogens with two attached hydrogens (primary N) is 1. The quantitative estimate of drug-likeness (QED) is 0.931. The van der Waals surface area contributed by atoms with Gasteiger partial charge in [0.05, 0.1) is 6.20 Å². The average Bonchev–Trinajstić information content (AvgIpc) is 2.35. The Kier molecular flexibility index (Phi) is 4.56. The zero-order chi connectivity index (χ0) is 13.8. The average molecular weight is 321 g/mol. The molecule has 1 heterocycles. The number of ether oxygens (including phenoxy) is 1. The molecule has 2 aromatic rings. The second kappa shape index (κ2) is 6.17. The van der Waals surface area contributed by atoms with Crippen molar-refractivity contribution in [3.63, 3.8) is 0 Å². The first-order valence-electron chi connectivity index (χ1n) is 6.19. The lowest BCUT2D eigenvalue weighted by Gasteiger charge is -2.10. The molecule has 2 rings (SSSR count). The van der Waals surface area contributed by atoms with Crippen molar-refractivity contribution in [3.05, 3.63) is 52.3 Å². The minimum atomic E-state index is 0.143. The van der Waals surface area contributed by atoms with Crippen molar-refractivity contribution in [2.24, 2.45) is 5.73 Å². The van der Waals surface area contributed by atoms with Gasteiger partial charge in [-0.1, -0.05) is 22.0 Å². The van der Waals surface area contributed by atoms with Gasteiger partial charge in [0.25, 0.3) is 0 Å². The molecule has 0 amide bonds. The maximum Gasteiger partial charge on any atom is 0.145 e. The van der Waals surface area contributed by atoms with Gasteiger partial charge in [-0.15, -0.1) is 0 Å². The van der Waals surface area contributed by atoms with Gasteiger partial charge in [0, 0.05) is 16.2 Å². The summed E-state index contributed by atoms with van der Waals surface area (Å²) in [7, 11) is 0. The van der Waals surface area contributed by atoms with E-state index in [0.717, 1.165) is 28.1 Å². The third-order valence-electron chi connectivity index (χ3n) is 2.69. The topological polar surface area (TPSA) is 48.1 Å². The molecule has 4 heteroatoms. The van der Waals surface area contributed by atoms with Gasteiger partial charge in [-0.2, -0.15) is 0 Å². The Morgan fingerprint density at radius 2 is 2.00 bits per heavy atom. The van der Waals surface area contributed by atoms with Crippen LogP contribution in [0.5, 0.6) is 11.5 Å². The van der Waals surface area contributed by atoms with E-state index in [-0.39, 0.29) is 6.04 Å². The Morgan fingerprint density at radius 1 is 1.26 bits per heavy atom. The summed E-state index contributed by atoms with van der Waals surface area (Å²) in [4.78, 5) is 4.20. The Balaban J connectivity index is 2.13. The zero-order valence-electron chi connectivity index (χ0n) is 11.1. The molecule has 0 radical (unpaired) electrons. The van der Waals surface area contributed by atoms with Crippen LogP contribution in [0, 0.1) is 6.92 Å². The smallest absolute Gasteiger partial charge is 0.145 e. The van der Waals surface area contributed by atoms with Gasteiger partial charge in [0.1, 0.15) is 11.5 Å². The number of hydrogen-bond acceptors (Lipinski definition) is 3. The van der Waals surface area contributed by atoms with E-state index in [4.69, 9.17) is 10.5 Å². The highest BCUT2D eigenvalue weighted by atomic mass is 79.9. The van der Waals surface area contributed by atoms with Gasteiger partial charge in [0.2, 0.25) is 0 Å². The Bertz CT molecular complexity index is 553. The van der Waals surface area contributed by atoms with Crippen molar-refractivity contribution in [2.75, 3.05) is 0 Å². The molecule has 1 aromatic heterocycles. The predicted octanol–water partition coefficient (Wildman–Crippen LogP) is 3.83. The maximum atomic E-state index is 5.81. The first-order chi connectivity index (χ1) is 9.04. The van der Waals surface area contributed by atoms with E-state index < -0.39 is 0 Å². The molecule has 0 spiro atoms. The van der Waals surface area contributed by atoms with Crippen molar-refractivity contribution in [1.29, 1.82) is 0 Å². The summed E-state index contributed by atoms with van der Waals surface area (Å²) >= 11 is 3.55.